The Morgan fingerprint density at radius 2 is 1.70 bits per heavy atom. The Hall–Kier alpha value is -2.78. The van der Waals surface area contributed by atoms with Gasteiger partial charge in [0, 0.05) is 18.9 Å². The van der Waals surface area contributed by atoms with Gasteiger partial charge in [-0.15, -0.1) is 0 Å². The number of hydrogen-bond donors (Lipinski definition) is 1. The molecule has 0 saturated carbocycles. The number of carbonyl (C=O) groups excluding carboxylic acids is 1. The second-order valence-corrected chi connectivity index (χ2v) is 5.53. The average molecular weight is 392 g/mol. The number of hydrogen-bond acceptors (Lipinski definition) is 3. The molecular weight excluding hydrogens is 378 g/mol. The highest BCUT2D eigenvalue weighted by molar-refractivity contribution is 5.67. The molecule has 1 heterocycles. The van der Waals surface area contributed by atoms with Crippen LogP contribution in [0.1, 0.15) is 5.56 Å². The van der Waals surface area contributed by atoms with Crippen LogP contribution < -0.4 is 5.32 Å². The van der Waals surface area contributed by atoms with Crippen molar-refractivity contribution in [3.8, 4) is 11.1 Å². The van der Waals surface area contributed by atoms with Crippen molar-refractivity contribution in [1.29, 1.82) is 0 Å². The van der Waals surface area contributed by atoms with Crippen molar-refractivity contribution in [2.75, 3.05) is 6.61 Å². The van der Waals surface area contributed by atoms with Crippen LogP contribution in [0.25, 0.3) is 11.1 Å². The Kier molecular flexibility index (Phi) is 6.29. The van der Waals surface area contributed by atoms with Crippen LogP contribution in [0.4, 0.5) is 31.1 Å². The van der Waals surface area contributed by atoms with Crippen molar-refractivity contribution in [3.63, 3.8) is 0 Å². The van der Waals surface area contributed by atoms with Crippen LogP contribution in [0.5, 0.6) is 0 Å². The van der Waals surface area contributed by atoms with Gasteiger partial charge in [0.05, 0.1) is 0 Å². The fourth-order valence-electron chi connectivity index (χ4n) is 2.15. The molecule has 0 aliphatic rings. The summed E-state index contributed by atoms with van der Waals surface area (Å²) in [5, 5.41) is 2.12. The predicted molar refractivity (Wildman–Crippen MR) is 83.5 cm³/mol. The van der Waals surface area contributed by atoms with Gasteiger partial charge >= 0.3 is 18.4 Å². The Balaban J connectivity index is 1.92. The first-order chi connectivity index (χ1) is 12.6. The van der Waals surface area contributed by atoms with Gasteiger partial charge in [0.15, 0.2) is 5.92 Å². The summed E-state index contributed by atoms with van der Waals surface area (Å²) in [6.07, 6.45) is -9.28. The zero-order chi connectivity index (χ0) is 20.1. The molecule has 0 atom stereocenters. The topological polar surface area (TPSA) is 51.2 Å². The number of halogens is 6. The molecule has 0 spiro atoms. The number of pyridine rings is 1. The van der Waals surface area contributed by atoms with Gasteiger partial charge in [0.1, 0.15) is 6.61 Å². The molecule has 0 radical (unpaired) electrons. The summed E-state index contributed by atoms with van der Waals surface area (Å²) in [6.45, 7) is -1.97. The first-order valence-electron chi connectivity index (χ1n) is 7.61. The SMILES string of the molecule is O=C(NCc1cccc(-c2cccnc2)c1)OCC(C(F)(F)F)C(F)(F)F. The van der Waals surface area contributed by atoms with Crippen molar-refractivity contribution < 1.29 is 35.9 Å². The third-order valence-corrected chi connectivity index (χ3v) is 3.53. The highest BCUT2D eigenvalue weighted by atomic mass is 19.4. The van der Waals surface area contributed by atoms with E-state index < -0.39 is 31.0 Å². The molecule has 0 aliphatic carbocycles. The lowest BCUT2D eigenvalue weighted by Crippen LogP contribution is -2.41. The van der Waals surface area contributed by atoms with Crippen molar-refractivity contribution in [3.05, 3.63) is 54.4 Å². The molecule has 10 heteroatoms. The first kappa shape index (κ1) is 20.5. The number of benzene rings is 1. The van der Waals surface area contributed by atoms with Crippen LogP contribution >= 0.6 is 0 Å². The molecule has 4 nitrogen and oxygen atoms in total. The van der Waals surface area contributed by atoms with Crippen LogP contribution in [0.2, 0.25) is 0 Å². The molecule has 1 amide bonds. The Bertz CT molecular complexity index is 748. The van der Waals surface area contributed by atoms with Gasteiger partial charge in [-0.05, 0) is 28.8 Å². The number of nitrogens with one attached hydrogen (secondary N) is 1. The Morgan fingerprint density at radius 3 is 2.30 bits per heavy atom. The van der Waals surface area contributed by atoms with Crippen molar-refractivity contribution in [1.82, 2.24) is 10.3 Å². The summed E-state index contributed by atoms with van der Waals surface area (Å²) in [5.41, 5.74) is 2.17. The first-order valence-corrected chi connectivity index (χ1v) is 7.61. The number of rotatable bonds is 5. The van der Waals surface area contributed by atoms with E-state index in [9.17, 15) is 31.1 Å². The molecule has 146 valence electrons. The standard InChI is InChI=1S/C17H14F6N2O2/c18-16(19,20)14(17(21,22)23)10-27-15(26)25-8-11-3-1-4-12(7-11)13-5-2-6-24-9-13/h1-7,9,14H,8,10H2,(H,25,26). The van der Waals surface area contributed by atoms with Crippen LogP contribution in [-0.2, 0) is 11.3 Å². The second kappa shape index (κ2) is 8.28. The van der Waals surface area contributed by atoms with Gasteiger partial charge in [-0.25, -0.2) is 4.79 Å². The molecule has 1 aromatic heterocycles. The van der Waals surface area contributed by atoms with E-state index in [1.807, 2.05) is 6.07 Å². The predicted octanol–water partition coefficient (Wildman–Crippen LogP) is 4.72. The van der Waals surface area contributed by atoms with Crippen LogP contribution in [-0.4, -0.2) is 30.0 Å². The minimum Gasteiger partial charge on any atom is -0.449 e. The Morgan fingerprint density at radius 1 is 1.04 bits per heavy atom. The van der Waals surface area contributed by atoms with Crippen LogP contribution in [0.3, 0.4) is 0 Å². The number of nitrogens with zero attached hydrogens (tertiary/aromatic N) is 1. The molecule has 0 fully saturated rings. The zero-order valence-electron chi connectivity index (χ0n) is 13.6. The molecule has 1 aromatic carbocycles. The maximum Gasteiger partial charge on any atom is 0.407 e. The average Bonchev–Trinajstić information content (AvgIpc) is 2.59. The monoisotopic (exact) mass is 392 g/mol. The van der Waals surface area contributed by atoms with E-state index in [1.54, 1.807) is 42.7 Å². The second-order valence-electron chi connectivity index (χ2n) is 5.53. The maximum atomic E-state index is 12.4. The lowest BCUT2D eigenvalue weighted by atomic mass is 10.0. The van der Waals surface area contributed by atoms with Crippen molar-refractivity contribution >= 4 is 6.09 Å². The fraction of sp³-hybridized carbons (Fsp3) is 0.294. The van der Waals surface area contributed by atoms with Gasteiger partial charge in [0.2, 0.25) is 0 Å². The van der Waals surface area contributed by atoms with E-state index in [4.69, 9.17) is 0 Å². The molecular formula is C17H14F6N2O2. The fourth-order valence-corrected chi connectivity index (χ4v) is 2.15. The number of alkyl carbamates (subject to hydrolysis) is 1. The number of amides is 1. The largest absolute Gasteiger partial charge is 0.449 e. The highest BCUT2D eigenvalue weighted by Crippen LogP contribution is 2.39. The Labute approximate surface area is 150 Å². The minimum absolute atomic E-state index is 0.129. The van der Waals surface area contributed by atoms with Crippen molar-refractivity contribution in [2.24, 2.45) is 5.92 Å². The van der Waals surface area contributed by atoms with E-state index in [0.29, 0.717) is 5.56 Å². The lowest BCUT2D eigenvalue weighted by Gasteiger charge is -2.22. The van der Waals surface area contributed by atoms with Crippen molar-refractivity contribution in [2.45, 2.75) is 18.9 Å². The smallest absolute Gasteiger partial charge is 0.407 e. The molecule has 0 unspecified atom stereocenters. The molecule has 0 bridgehead atoms. The van der Waals surface area contributed by atoms with E-state index in [1.165, 1.54) is 0 Å². The molecule has 1 N–H and O–H groups in total. The van der Waals surface area contributed by atoms with Gasteiger partial charge < -0.3 is 10.1 Å². The molecule has 0 saturated heterocycles. The highest BCUT2D eigenvalue weighted by Gasteiger charge is 2.57. The summed E-state index contributed by atoms with van der Waals surface area (Å²) >= 11 is 0. The maximum absolute atomic E-state index is 12.4. The van der Waals surface area contributed by atoms with E-state index in [2.05, 4.69) is 15.0 Å². The molecule has 2 aromatic rings. The number of ether oxygens (including phenoxy) is 1. The normalized spacial score (nSPS) is 12.1. The quantitative estimate of drug-likeness (QED) is 0.750. The number of carbonyl (C=O) groups is 1. The van der Waals surface area contributed by atoms with Gasteiger partial charge in [-0.1, -0.05) is 24.3 Å². The number of aromatic nitrogens is 1. The van der Waals surface area contributed by atoms with Crippen LogP contribution in [0, 0.1) is 5.92 Å². The summed E-state index contributed by atoms with van der Waals surface area (Å²) in [6, 6.07) is 10.3. The summed E-state index contributed by atoms with van der Waals surface area (Å²) in [7, 11) is 0. The van der Waals surface area contributed by atoms with E-state index >= 15 is 0 Å². The minimum atomic E-state index is -5.56. The van der Waals surface area contributed by atoms with E-state index in [-0.39, 0.29) is 6.54 Å². The third kappa shape index (κ3) is 6.15. The third-order valence-electron chi connectivity index (χ3n) is 3.53. The summed E-state index contributed by atoms with van der Waals surface area (Å²) < 4.78 is 78.4. The zero-order valence-corrected chi connectivity index (χ0v) is 13.6. The van der Waals surface area contributed by atoms with Gasteiger partial charge in [-0.3, -0.25) is 4.98 Å². The molecule has 27 heavy (non-hydrogen) atoms. The van der Waals surface area contributed by atoms with Gasteiger partial charge in [0.25, 0.3) is 0 Å². The number of alkyl halides is 6. The van der Waals surface area contributed by atoms with E-state index in [0.717, 1.165) is 11.1 Å². The van der Waals surface area contributed by atoms with Crippen LogP contribution in [0.15, 0.2) is 48.8 Å². The summed E-state index contributed by atoms with van der Waals surface area (Å²) in [4.78, 5) is 15.4. The van der Waals surface area contributed by atoms with Gasteiger partial charge in [-0.2, -0.15) is 26.3 Å². The molecule has 2 rings (SSSR count). The molecule has 0 aliphatic heterocycles. The summed E-state index contributed by atoms with van der Waals surface area (Å²) in [5.74, 6) is -3.73. The lowest BCUT2D eigenvalue weighted by molar-refractivity contribution is -0.291.